The van der Waals surface area contributed by atoms with Gasteiger partial charge in [0.2, 0.25) is 5.91 Å². The van der Waals surface area contributed by atoms with Crippen LogP contribution in [0, 0.1) is 5.82 Å². The van der Waals surface area contributed by atoms with Crippen LogP contribution in [0.4, 0.5) is 4.39 Å². The summed E-state index contributed by atoms with van der Waals surface area (Å²) < 4.78 is 24.4. The monoisotopic (exact) mass is 357 g/mol. The Morgan fingerprint density at radius 1 is 1.19 bits per heavy atom. The van der Waals surface area contributed by atoms with Crippen molar-refractivity contribution in [1.29, 1.82) is 0 Å². The Morgan fingerprint density at radius 3 is 2.77 bits per heavy atom. The summed E-state index contributed by atoms with van der Waals surface area (Å²) in [5, 5.41) is 2.89. The molecule has 0 radical (unpaired) electrons. The van der Waals surface area contributed by atoms with Crippen molar-refractivity contribution in [3.63, 3.8) is 0 Å². The van der Waals surface area contributed by atoms with Crippen molar-refractivity contribution >= 4 is 5.91 Å². The first-order valence-corrected chi connectivity index (χ1v) is 9.03. The summed E-state index contributed by atoms with van der Waals surface area (Å²) >= 11 is 0. The summed E-state index contributed by atoms with van der Waals surface area (Å²) in [6.07, 6.45) is 3.23. The molecule has 0 aromatic heterocycles. The smallest absolute Gasteiger partial charge is 0.220 e. The molecule has 1 N–H and O–H groups in total. The van der Waals surface area contributed by atoms with Gasteiger partial charge in [-0.3, -0.25) is 4.79 Å². The average Bonchev–Trinajstić information content (AvgIpc) is 3.17. The molecule has 2 aromatic carbocycles. The van der Waals surface area contributed by atoms with Gasteiger partial charge in [-0.25, -0.2) is 4.39 Å². The SMILES string of the molecule is O=C(CCc1cccc(F)c1)NCc1ccc(OC[C@@H]2CCCO2)cc1. The Bertz CT molecular complexity index is 711. The first-order chi connectivity index (χ1) is 12.7. The van der Waals surface area contributed by atoms with Gasteiger partial charge in [0.05, 0.1) is 6.10 Å². The number of aryl methyl sites for hydroxylation is 1. The lowest BCUT2D eigenvalue weighted by Gasteiger charge is -2.12. The molecule has 1 heterocycles. The molecule has 1 saturated heterocycles. The van der Waals surface area contributed by atoms with Crippen LogP contribution >= 0.6 is 0 Å². The molecule has 0 aliphatic carbocycles. The molecule has 138 valence electrons. The Hall–Kier alpha value is -2.40. The molecule has 1 atom stereocenters. The van der Waals surface area contributed by atoms with Crippen LogP contribution in [-0.2, 0) is 22.5 Å². The highest BCUT2D eigenvalue weighted by atomic mass is 19.1. The number of benzene rings is 2. The van der Waals surface area contributed by atoms with Crippen LogP contribution < -0.4 is 10.1 Å². The molecule has 0 saturated carbocycles. The third-order valence-corrected chi connectivity index (χ3v) is 4.40. The lowest BCUT2D eigenvalue weighted by molar-refractivity contribution is -0.121. The van der Waals surface area contributed by atoms with Gasteiger partial charge in [-0.15, -0.1) is 0 Å². The number of hydrogen-bond donors (Lipinski definition) is 1. The second kappa shape index (κ2) is 9.34. The van der Waals surface area contributed by atoms with E-state index in [-0.39, 0.29) is 17.8 Å². The molecule has 4 nitrogen and oxygen atoms in total. The molecule has 1 amide bonds. The van der Waals surface area contributed by atoms with Crippen molar-refractivity contribution in [2.75, 3.05) is 13.2 Å². The van der Waals surface area contributed by atoms with Gasteiger partial charge in [0, 0.05) is 19.6 Å². The molecule has 3 rings (SSSR count). The maximum Gasteiger partial charge on any atom is 0.220 e. The first-order valence-electron chi connectivity index (χ1n) is 9.03. The van der Waals surface area contributed by atoms with E-state index in [9.17, 15) is 9.18 Å². The maximum atomic E-state index is 13.1. The van der Waals surface area contributed by atoms with Gasteiger partial charge in [-0.05, 0) is 54.7 Å². The second-order valence-corrected chi connectivity index (χ2v) is 6.50. The van der Waals surface area contributed by atoms with Crippen LogP contribution in [0.25, 0.3) is 0 Å². The van der Waals surface area contributed by atoms with Gasteiger partial charge in [-0.2, -0.15) is 0 Å². The fraction of sp³-hybridized carbons (Fsp3) is 0.381. The largest absolute Gasteiger partial charge is 0.491 e. The van der Waals surface area contributed by atoms with Gasteiger partial charge < -0.3 is 14.8 Å². The highest BCUT2D eigenvalue weighted by molar-refractivity contribution is 5.76. The molecule has 2 aromatic rings. The Balaban J connectivity index is 1.37. The molecule has 0 bridgehead atoms. The van der Waals surface area contributed by atoms with Gasteiger partial charge >= 0.3 is 0 Å². The van der Waals surface area contributed by atoms with E-state index in [4.69, 9.17) is 9.47 Å². The van der Waals surface area contributed by atoms with E-state index in [0.717, 1.165) is 36.3 Å². The average molecular weight is 357 g/mol. The van der Waals surface area contributed by atoms with Crippen LogP contribution in [0.15, 0.2) is 48.5 Å². The summed E-state index contributed by atoms with van der Waals surface area (Å²) in [7, 11) is 0. The van der Waals surface area contributed by atoms with Crippen molar-refractivity contribution in [3.05, 3.63) is 65.5 Å². The summed E-state index contributed by atoms with van der Waals surface area (Å²) in [6, 6.07) is 14.0. The van der Waals surface area contributed by atoms with E-state index in [0.29, 0.717) is 26.0 Å². The Kier molecular flexibility index (Phi) is 6.61. The van der Waals surface area contributed by atoms with Crippen LogP contribution in [0.1, 0.15) is 30.4 Å². The van der Waals surface area contributed by atoms with Crippen molar-refractivity contribution in [2.45, 2.75) is 38.3 Å². The zero-order valence-corrected chi connectivity index (χ0v) is 14.7. The lowest BCUT2D eigenvalue weighted by Crippen LogP contribution is -2.23. The van der Waals surface area contributed by atoms with Gasteiger partial charge in [0.15, 0.2) is 0 Å². The number of halogens is 1. The van der Waals surface area contributed by atoms with Gasteiger partial charge in [-0.1, -0.05) is 24.3 Å². The predicted octanol–water partition coefficient (Wildman–Crippen LogP) is 3.63. The van der Waals surface area contributed by atoms with Crippen molar-refractivity contribution in [2.24, 2.45) is 0 Å². The minimum Gasteiger partial charge on any atom is -0.491 e. The topological polar surface area (TPSA) is 47.6 Å². The number of ether oxygens (including phenoxy) is 2. The van der Waals surface area contributed by atoms with Crippen LogP contribution in [-0.4, -0.2) is 25.2 Å². The molecule has 1 fully saturated rings. The fourth-order valence-electron chi connectivity index (χ4n) is 2.91. The Labute approximate surface area is 153 Å². The van der Waals surface area contributed by atoms with Gasteiger partial charge in [0.1, 0.15) is 18.2 Å². The molecule has 26 heavy (non-hydrogen) atoms. The highest BCUT2D eigenvalue weighted by Gasteiger charge is 2.15. The normalized spacial score (nSPS) is 16.4. The second-order valence-electron chi connectivity index (χ2n) is 6.50. The number of amides is 1. The summed E-state index contributed by atoms with van der Waals surface area (Å²) in [5.74, 6) is 0.486. The molecular weight excluding hydrogens is 333 g/mol. The number of carbonyl (C=O) groups is 1. The van der Waals surface area contributed by atoms with E-state index in [1.165, 1.54) is 12.1 Å². The van der Waals surface area contributed by atoms with E-state index in [1.54, 1.807) is 6.07 Å². The van der Waals surface area contributed by atoms with E-state index < -0.39 is 0 Å². The van der Waals surface area contributed by atoms with Gasteiger partial charge in [0.25, 0.3) is 0 Å². The molecule has 0 spiro atoms. The quantitative estimate of drug-likeness (QED) is 0.785. The van der Waals surface area contributed by atoms with Crippen molar-refractivity contribution in [1.82, 2.24) is 5.32 Å². The fourth-order valence-corrected chi connectivity index (χ4v) is 2.91. The van der Waals surface area contributed by atoms with E-state index >= 15 is 0 Å². The molecule has 0 unspecified atom stereocenters. The highest BCUT2D eigenvalue weighted by Crippen LogP contribution is 2.16. The molecule has 1 aliphatic heterocycles. The molecule has 5 heteroatoms. The van der Waals surface area contributed by atoms with Crippen LogP contribution in [0.2, 0.25) is 0 Å². The molecular formula is C21H24FNO3. The maximum absolute atomic E-state index is 13.1. The summed E-state index contributed by atoms with van der Waals surface area (Å²) in [4.78, 5) is 11.9. The number of rotatable bonds is 8. The first kappa shape index (κ1) is 18.4. The Morgan fingerprint density at radius 2 is 2.04 bits per heavy atom. The third-order valence-electron chi connectivity index (χ3n) is 4.40. The van der Waals surface area contributed by atoms with Crippen LogP contribution in [0.5, 0.6) is 5.75 Å². The standard InChI is InChI=1S/C21H24FNO3/c22-18-4-1-3-16(13-18)8-11-21(24)23-14-17-6-9-19(10-7-17)26-15-20-5-2-12-25-20/h1,3-4,6-7,9-10,13,20H,2,5,8,11-12,14-15H2,(H,23,24)/t20-/m0/s1. The van der Waals surface area contributed by atoms with Crippen molar-refractivity contribution < 1.29 is 18.7 Å². The zero-order chi connectivity index (χ0) is 18.2. The molecule has 1 aliphatic rings. The third kappa shape index (κ3) is 5.85. The number of nitrogens with one attached hydrogen (secondary N) is 1. The summed E-state index contributed by atoms with van der Waals surface area (Å²) in [6.45, 7) is 1.87. The predicted molar refractivity (Wildman–Crippen MR) is 97.5 cm³/mol. The lowest BCUT2D eigenvalue weighted by atomic mass is 10.1. The van der Waals surface area contributed by atoms with Crippen molar-refractivity contribution in [3.8, 4) is 5.75 Å². The van der Waals surface area contributed by atoms with E-state index in [2.05, 4.69) is 5.32 Å². The minimum atomic E-state index is -0.273. The van der Waals surface area contributed by atoms with E-state index in [1.807, 2.05) is 30.3 Å². The minimum absolute atomic E-state index is 0.0482. The zero-order valence-electron chi connectivity index (χ0n) is 14.7. The summed E-state index contributed by atoms with van der Waals surface area (Å²) in [5.41, 5.74) is 1.83. The number of carbonyl (C=O) groups excluding carboxylic acids is 1. The van der Waals surface area contributed by atoms with Crippen LogP contribution in [0.3, 0.4) is 0 Å². The number of hydrogen-bond acceptors (Lipinski definition) is 3.